The molecule has 0 bridgehead atoms. The zero-order valence-electron chi connectivity index (χ0n) is 14.1. The Bertz CT molecular complexity index is 805. The molecule has 6 nitrogen and oxygen atoms in total. The van der Waals surface area contributed by atoms with Gasteiger partial charge in [-0.1, -0.05) is 0 Å². The van der Waals surface area contributed by atoms with E-state index in [0.717, 1.165) is 37.9 Å². The van der Waals surface area contributed by atoms with Gasteiger partial charge in [0.25, 0.3) is 0 Å². The van der Waals surface area contributed by atoms with Gasteiger partial charge in [0, 0.05) is 24.3 Å². The highest BCUT2D eigenvalue weighted by atomic mass is 32.2. The largest absolute Gasteiger partial charge is 0.325 e. The Morgan fingerprint density at radius 3 is 2.71 bits per heavy atom. The fourth-order valence-electron chi connectivity index (χ4n) is 4.28. The first-order valence-electron chi connectivity index (χ1n) is 8.47. The minimum absolute atomic E-state index is 0.0929. The van der Waals surface area contributed by atoms with Gasteiger partial charge in [0.15, 0.2) is 0 Å². The lowest BCUT2D eigenvalue weighted by Crippen LogP contribution is -2.48. The Balaban J connectivity index is 1.77. The molecule has 2 N–H and O–H groups in total. The van der Waals surface area contributed by atoms with E-state index in [0.29, 0.717) is 17.1 Å². The molecule has 4 rings (SSSR count). The van der Waals surface area contributed by atoms with Crippen molar-refractivity contribution in [2.45, 2.75) is 49.0 Å². The van der Waals surface area contributed by atoms with Crippen molar-refractivity contribution in [2.24, 2.45) is 0 Å². The molecule has 0 aromatic heterocycles. The number of carbonyl (C=O) groups is 1. The van der Waals surface area contributed by atoms with Crippen molar-refractivity contribution in [1.82, 2.24) is 9.62 Å². The maximum atomic E-state index is 13.3. The monoisotopic (exact) mass is 349 g/mol. The number of hydrogen-bond donors (Lipinski definition) is 2. The van der Waals surface area contributed by atoms with Gasteiger partial charge in [-0.15, -0.1) is 0 Å². The van der Waals surface area contributed by atoms with E-state index < -0.39 is 15.4 Å². The van der Waals surface area contributed by atoms with Crippen LogP contribution in [0.2, 0.25) is 0 Å². The number of sulfonamides is 1. The van der Waals surface area contributed by atoms with Crippen LogP contribution in [0.25, 0.3) is 0 Å². The SMILES string of the molecule is CC1(C)C(=O)Nc2ccc(S(=O)(=O)N3CCCC34CCNC4)cc21. The first kappa shape index (κ1) is 16.1. The van der Waals surface area contributed by atoms with Crippen LogP contribution in [0, 0.1) is 0 Å². The molecule has 1 atom stereocenters. The maximum Gasteiger partial charge on any atom is 0.243 e. The molecule has 130 valence electrons. The summed E-state index contributed by atoms with van der Waals surface area (Å²) in [6.07, 6.45) is 2.68. The molecule has 1 unspecified atom stereocenters. The number of rotatable bonds is 2. The zero-order valence-corrected chi connectivity index (χ0v) is 14.9. The second kappa shape index (κ2) is 5.03. The molecule has 0 radical (unpaired) electrons. The zero-order chi connectivity index (χ0) is 17.2. The fraction of sp³-hybridized carbons (Fsp3) is 0.588. The lowest BCUT2D eigenvalue weighted by Gasteiger charge is -2.33. The summed E-state index contributed by atoms with van der Waals surface area (Å²) in [6, 6.07) is 5.01. The summed E-state index contributed by atoms with van der Waals surface area (Å²) < 4.78 is 28.3. The Morgan fingerprint density at radius 1 is 1.21 bits per heavy atom. The van der Waals surface area contributed by atoms with Gasteiger partial charge in [0.2, 0.25) is 15.9 Å². The molecule has 3 aliphatic rings. The predicted octanol–water partition coefficient (Wildman–Crippen LogP) is 1.43. The highest BCUT2D eigenvalue weighted by molar-refractivity contribution is 7.89. The van der Waals surface area contributed by atoms with E-state index in [1.165, 1.54) is 0 Å². The van der Waals surface area contributed by atoms with Gasteiger partial charge in [0.05, 0.1) is 10.3 Å². The molecule has 1 aromatic rings. The Hall–Kier alpha value is -1.44. The second-order valence-corrected chi connectivity index (χ2v) is 9.48. The first-order chi connectivity index (χ1) is 11.3. The summed E-state index contributed by atoms with van der Waals surface area (Å²) in [7, 11) is -3.57. The van der Waals surface area contributed by atoms with Crippen molar-refractivity contribution in [3.63, 3.8) is 0 Å². The predicted molar refractivity (Wildman–Crippen MR) is 91.4 cm³/mol. The maximum absolute atomic E-state index is 13.3. The van der Waals surface area contributed by atoms with Gasteiger partial charge < -0.3 is 10.6 Å². The third kappa shape index (κ3) is 2.08. The topological polar surface area (TPSA) is 78.5 Å². The van der Waals surface area contributed by atoms with Crippen LogP contribution in [0.5, 0.6) is 0 Å². The van der Waals surface area contributed by atoms with Crippen molar-refractivity contribution in [3.05, 3.63) is 23.8 Å². The molecule has 1 spiro atoms. The highest BCUT2D eigenvalue weighted by Gasteiger charge is 2.49. The standard InChI is InChI=1S/C17H23N3O3S/c1-16(2)13-10-12(4-5-14(13)19-15(16)21)24(22,23)20-9-3-6-17(20)7-8-18-11-17/h4-5,10,18H,3,6-9,11H2,1-2H3,(H,19,21). The lowest BCUT2D eigenvalue weighted by molar-refractivity contribution is -0.119. The van der Waals surface area contributed by atoms with Crippen molar-refractivity contribution in [2.75, 3.05) is 25.0 Å². The molecule has 3 aliphatic heterocycles. The van der Waals surface area contributed by atoms with Crippen LogP contribution < -0.4 is 10.6 Å². The molecule has 0 aliphatic carbocycles. The van der Waals surface area contributed by atoms with Crippen LogP contribution in [0.1, 0.15) is 38.7 Å². The van der Waals surface area contributed by atoms with Crippen LogP contribution in [0.15, 0.2) is 23.1 Å². The number of nitrogens with zero attached hydrogens (tertiary/aromatic N) is 1. The number of benzene rings is 1. The normalized spacial score (nSPS) is 29.2. The molecule has 2 saturated heterocycles. The number of amides is 1. The van der Waals surface area contributed by atoms with Gasteiger partial charge in [-0.25, -0.2) is 8.42 Å². The van der Waals surface area contributed by atoms with Gasteiger partial charge in [0.1, 0.15) is 0 Å². The average Bonchev–Trinajstić information content (AvgIpc) is 3.22. The molecule has 3 heterocycles. The smallest absolute Gasteiger partial charge is 0.243 e. The molecule has 24 heavy (non-hydrogen) atoms. The number of hydrogen-bond acceptors (Lipinski definition) is 4. The Kier molecular flexibility index (Phi) is 3.37. The van der Waals surface area contributed by atoms with Crippen molar-refractivity contribution in [1.29, 1.82) is 0 Å². The quantitative estimate of drug-likeness (QED) is 0.847. The minimum Gasteiger partial charge on any atom is -0.325 e. The van der Waals surface area contributed by atoms with Crippen LogP contribution >= 0.6 is 0 Å². The summed E-state index contributed by atoms with van der Waals surface area (Å²) in [5.74, 6) is -0.0929. The van der Waals surface area contributed by atoms with E-state index >= 15 is 0 Å². The third-order valence-electron chi connectivity index (χ3n) is 5.82. The van der Waals surface area contributed by atoms with E-state index in [2.05, 4.69) is 10.6 Å². The van der Waals surface area contributed by atoms with Gasteiger partial charge in [-0.05, 0) is 63.4 Å². The van der Waals surface area contributed by atoms with Crippen LogP contribution in [0.4, 0.5) is 5.69 Å². The molecule has 1 aromatic carbocycles. The molecular formula is C17H23N3O3S. The fourth-order valence-corrected chi connectivity index (χ4v) is 6.17. The number of carbonyl (C=O) groups excluding carboxylic acids is 1. The van der Waals surface area contributed by atoms with E-state index in [4.69, 9.17) is 0 Å². The third-order valence-corrected chi connectivity index (χ3v) is 7.82. The van der Waals surface area contributed by atoms with E-state index in [1.807, 2.05) is 13.8 Å². The summed E-state index contributed by atoms with van der Waals surface area (Å²) in [5.41, 5.74) is 0.480. The van der Waals surface area contributed by atoms with E-state index in [-0.39, 0.29) is 11.4 Å². The number of nitrogens with one attached hydrogen (secondary N) is 2. The van der Waals surface area contributed by atoms with Crippen molar-refractivity contribution >= 4 is 21.6 Å². The highest BCUT2D eigenvalue weighted by Crippen LogP contribution is 2.42. The molecular weight excluding hydrogens is 326 g/mol. The van der Waals surface area contributed by atoms with Gasteiger partial charge >= 0.3 is 0 Å². The summed E-state index contributed by atoms with van der Waals surface area (Å²) in [6.45, 7) is 5.80. The molecule has 1 amide bonds. The van der Waals surface area contributed by atoms with Gasteiger partial charge in [-0.3, -0.25) is 4.79 Å². The first-order valence-corrected chi connectivity index (χ1v) is 9.91. The Morgan fingerprint density at radius 2 is 2.00 bits per heavy atom. The van der Waals surface area contributed by atoms with Gasteiger partial charge in [-0.2, -0.15) is 4.31 Å². The van der Waals surface area contributed by atoms with Crippen LogP contribution in [-0.4, -0.2) is 43.8 Å². The molecule has 7 heteroatoms. The molecule has 0 saturated carbocycles. The molecule has 2 fully saturated rings. The lowest BCUT2D eigenvalue weighted by atomic mass is 9.86. The second-order valence-electron chi connectivity index (χ2n) is 7.62. The van der Waals surface area contributed by atoms with Crippen LogP contribution in [-0.2, 0) is 20.2 Å². The Labute approximate surface area is 142 Å². The average molecular weight is 349 g/mol. The van der Waals surface area contributed by atoms with Crippen LogP contribution in [0.3, 0.4) is 0 Å². The summed E-state index contributed by atoms with van der Waals surface area (Å²) in [5, 5.41) is 6.14. The minimum atomic E-state index is -3.57. The van der Waals surface area contributed by atoms with E-state index in [9.17, 15) is 13.2 Å². The van der Waals surface area contributed by atoms with Crippen molar-refractivity contribution in [3.8, 4) is 0 Å². The summed E-state index contributed by atoms with van der Waals surface area (Å²) >= 11 is 0. The van der Waals surface area contributed by atoms with Crippen molar-refractivity contribution < 1.29 is 13.2 Å². The summed E-state index contributed by atoms with van der Waals surface area (Å²) in [4.78, 5) is 12.4. The number of fused-ring (bicyclic) bond motifs is 1. The van der Waals surface area contributed by atoms with E-state index in [1.54, 1.807) is 22.5 Å². The number of anilines is 1.